The maximum atomic E-state index is 11.5. The Kier molecular flexibility index (Phi) is 4.19. The van der Waals surface area contributed by atoms with E-state index < -0.39 is 10.0 Å². The molecule has 1 aromatic rings. The Labute approximate surface area is 111 Å². The number of nitrogens with zero attached hydrogens (tertiary/aromatic N) is 3. The van der Waals surface area contributed by atoms with Crippen LogP contribution in [-0.2, 0) is 26.0 Å². The zero-order valence-corrected chi connectivity index (χ0v) is 11.8. The maximum Gasteiger partial charge on any atom is 0.273 e. The number of primary sulfonamides is 1. The van der Waals surface area contributed by atoms with Crippen molar-refractivity contribution in [3.63, 3.8) is 0 Å². The van der Waals surface area contributed by atoms with Gasteiger partial charge in [-0.15, -0.1) is 10.2 Å². The summed E-state index contributed by atoms with van der Waals surface area (Å²) < 4.78 is 35.0. The van der Waals surface area contributed by atoms with E-state index in [0.717, 1.165) is 6.42 Å². The van der Waals surface area contributed by atoms with Crippen LogP contribution >= 0.6 is 0 Å². The van der Waals surface area contributed by atoms with E-state index in [4.69, 9.17) is 14.6 Å². The first-order chi connectivity index (χ1) is 8.95. The van der Waals surface area contributed by atoms with Gasteiger partial charge in [-0.3, -0.25) is 4.57 Å². The van der Waals surface area contributed by atoms with E-state index in [2.05, 4.69) is 10.2 Å². The molecule has 0 radical (unpaired) electrons. The summed E-state index contributed by atoms with van der Waals surface area (Å²) in [6.45, 7) is 3.26. The molecule has 1 aliphatic rings. The summed E-state index contributed by atoms with van der Waals surface area (Å²) in [7, 11) is -2.35. The fraction of sp³-hybridized carbons (Fsp3) is 0.800. The Hall–Kier alpha value is -1.03. The predicted molar refractivity (Wildman–Crippen MR) is 66.0 cm³/mol. The van der Waals surface area contributed by atoms with Crippen molar-refractivity contribution in [3.05, 3.63) is 5.82 Å². The smallest absolute Gasteiger partial charge is 0.273 e. The number of hydrogen-bond donors (Lipinski definition) is 1. The molecule has 2 rings (SSSR count). The Morgan fingerprint density at radius 2 is 2.26 bits per heavy atom. The summed E-state index contributed by atoms with van der Waals surface area (Å²) in [6, 6.07) is 0. The molecule has 2 atom stereocenters. The molecule has 8 nitrogen and oxygen atoms in total. The van der Waals surface area contributed by atoms with Crippen molar-refractivity contribution < 1.29 is 17.9 Å². The van der Waals surface area contributed by atoms with Gasteiger partial charge in [0, 0.05) is 26.2 Å². The quantitative estimate of drug-likeness (QED) is 0.780. The highest BCUT2D eigenvalue weighted by molar-refractivity contribution is 7.89. The summed E-state index contributed by atoms with van der Waals surface area (Å²) in [4.78, 5) is 0. The second-order valence-electron chi connectivity index (χ2n) is 4.50. The SMILES string of the molecule is COCCn1c(C2CCOC2C)nnc1S(N)(=O)=O. The second kappa shape index (κ2) is 5.53. The highest BCUT2D eigenvalue weighted by atomic mass is 32.2. The minimum Gasteiger partial charge on any atom is -0.383 e. The Bertz CT molecular complexity index is 542. The van der Waals surface area contributed by atoms with Gasteiger partial charge < -0.3 is 9.47 Å². The fourth-order valence-corrected chi connectivity index (χ4v) is 2.89. The average Bonchev–Trinajstić information content (AvgIpc) is 2.90. The maximum absolute atomic E-state index is 11.5. The molecule has 0 aliphatic carbocycles. The molecule has 1 saturated heterocycles. The van der Waals surface area contributed by atoms with Gasteiger partial charge in [-0.1, -0.05) is 0 Å². The van der Waals surface area contributed by atoms with Crippen molar-refractivity contribution >= 4 is 10.0 Å². The summed E-state index contributed by atoms with van der Waals surface area (Å²) in [5.74, 6) is 0.617. The molecule has 0 aromatic carbocycles. The molecule has 19 heavy (non-hydrogen) atoms. The Balaban J connectivity index is 2.40. The van der Waals surface area contributed by atoms with E-state index in [1.165, 1.54) is 4.57 Å². The molecule has 1 fully saturated rings. The molecular formula is C10H18N4O4S. The van der Waals surface area contributed by atoms with Crippen molar-refractivity contribution in [1.29, 1.82) is 0 Å². The highest BCUT2D eigenvalue weighted by Crippen LogP contribution is 2.30. The van der Waals surface area contributed by atoms with Gasteiger partial charge in [0.2, 0.25) is 0 Å². The van der Waals surface area contributed by atoms with Crippen LogP contribution in [0.15, 0.2) is 5.16 Å². The molecule has 1 aliphatic heterocycles. The van der Waals surface area contributed by atoms with Gasteiger partial charge in [0.15, 0.2) is 0 Å². The van der Waals surface area contributed by atoms with Gasteiger partial charge in [0.25, 0.3) is 15.2 Å². The lowest BCUT2D eigenvalue weighted by atomic mass is 10.0. The molecule has 0 saturated carbocycles. The number of rotatable bonds is 5. The van der Waals surface area contributed by atoms with Crippen LogP contribution < -0.4 is 5.14 Å². The normalized spacial score (nSPS) is 23.9. The molecule has 2 unspecified atom stereocenters. The lowest BCUT2D eigenvalue weighted by molar-refractivity contribution is 0.116. The van der Waals surface area contributed by atoms with Crippen molar-refractivity contribution in [2.24, 2.45) is 5.14 Å². The first-order valence-corrected chi connectivity index (χ1v) is 7.56. The molecule has 108 valence electrons. The molecule has 0 bridgehead atoms. The van der Waals surface area contributed by atoms with Crippen LogP contribution in [0.1, 0.15) is 25.1 Å². The minimum atomic E-state index is -3.90. The number of sulfonamides is 1. The molecular weight excluding hydrogens is 272 g/mol. The molecule has 2 N–H and O–H groups in total. The molecule has 2 heterocycles. The molecule has 0 spiro atoms. The highest BCUT2D eigenvalue weighted by Gasteiger charge is 2.32. The van der Waals surface area contributed by atoms with Crippen LogP contribution in [0.2, 0.25) is 0 Å². The first kappa shape index (κ1) is 14.4. The van der Waals surface area contributed by atoms with E-state index in [-0.39, 0.29) is 17.2 Å². The second-order valence-corrected chi connectivity index (χ2v) is 5.96. The van der Waals surface area contributed by atoms with Crippen LogP contribution in [0, 0.1) is 0 Å². The Morgan fingerprint density at radius 1 is 1.53 bits per heavy atom. The van der Waals surface area contributed by atoms with Crippen molar-refractivity contribution in [3.8, 4) is 0 Å². The standard InChI is InChI=1S/C10H18N4O4S/c1-7-8(3-5-18-7)9-12-13-10(19(11,15)16)14(9)4-6-17-2/h7-8H,3-6H2,1-2H3,(H2,11,15,16). The van der Waals surface area contributed by atoms with Gasteiger partial charge in [-0.25, -0.2) is 13.6 Å². The van der Waals surface area contributed by atoms with Crippen LogP contribution in [0.5, 0.6) is 0 Å². The third-order valence-electron chi connectivity index (χ3n) is 3.23. The van der Waals surface area contributed by atoms with Crippen LogP contribution in [0.3, 0.4) is 0 Å². The van der Waals surface area contributed by atoms with Crippen molar-refractivity contribution in [2.45, 2.75) is 37.1 Å². The molecule has 9 heteroatoms. The summed E-state index contributed by atoms with van der Waals surface area (Å²) in [5, 5.41) is 12.6. The average molecular weight is 290 g/mol. The first-order valence-electron chi connectivity index (χ1n) is 6.01. The van der Waals surface area contributed by atoms with E-state index >= 15 is 0 Å². The van der Waals surface area contributed by atoms with Crippen LogP contribution in [-0.4, -0.2) is 49.6 Å². The fourth-order valence-electron chi connectivity index (χ4n) is 2.25. The summed E-state index contributed by atoms with van der Waals surface area (Å²) in [5.41, 5.74) is 0. The van der Waals surface area contributed by atoms with Gasteiger partial charge in [0.05, 0.1) is 12.7 Å². The number of hydrogen-bond acceptors (Lipinski definition) is 6. The molecule has 1 aromatic heterocycles. The van der Waals surface area contributed by atoms with Crippen LogP contribution in [0.4, 0.5) is 0 Å². The Morgan fingerprint density at radius 3 is 2.79 bits per heavy atom. The lowest BCUT2D eigenvalue weighted by Gasteiger charge is -2.15. The van der Waals surface area contributed by atoms with Gasteiger partial charge in [-0.2, -0.15) is 0 Å². The largest absolute Gasteiger partial charge is 0.383 e. The zero-order valence-electron chi connectivity index (χ0n) is 10.9. The third-order valence-corrected chi connectivity index (χ3v) is 4.04. The van der Waals surface area contributed by atoms with E-state index in [9.17, 15) is 8.42 Å². The third kappa shape index (κ3) is 2.94. The van der Waals surface area contributed by atoms with E-state index in [0.29, 0.717) is 25.6 Å². The number of nitrogens with two attached hydrogens (primary N) is 1. The number of ether oxygens (including phenoxy) is 2. The summed E-state index contributed by atoms with van der Waals surface area (Å²) in [6.07, 6.45) is 0.774. The number of methoxy groups -OCH3 is 1. The van der Waals surface area contributed by atoms with E-state index in [1.807, 2.05) is 6.92 Å². The lowest BCUT2D eigenvalue weighted by Crippen LogP contribution is -2.23. The molecule has 0 amide bonds. The van der Waals surface area contributed by atoms with Gasteiger partial charge >= 0.3 is 0 Å². The summed E-state index contributed by atoms with van der Waals surface area (Å²) >= 11 is 0. The predicted octanol–water partition coefficient (Wildman–Crippen LogP) is -0.536. The van der Waals surface area contributed by atoms with Crippen LogP contribution in [0.25, 0.3) is 0 Å². The van der Waals surface area contributed by atoms with Crippen molar-refractivity contribution in [2.75, 3.05) is 20.3 Å². The minimum absolute atomic E-state index is 0.0150. The van der Waals surface area contributed by atoms with E-state index in [1.54, 1.807) is 7.11 Å². The van der Waals surface area contributed by atoms with Crippen molar-refractivity contribution in [1.82, 2.24) is 14.8 Å². The van der Waals surface area contributed by atoms with Gasteiger partial charge in [0.1, 0.15) is 5.82 Å². The topological polar surface area (TPSA) is 109 Å². The zero-order chi connectivity index (χ0) is 14.0. The number of aromatic nitrogens is 3. The van der Waals surface area contributed by atoms with Gasteiger partial charge in [-0.05, 0) is 13.3 Å². The monoisotopic (exact) mass is 290 g/mol.